The first-order valence-corrected chi connectivity index (χ1v) is 12.4. The number of thioether (sulfide) groups is 1. The van der Waals surface area contributed by atoms with E-state index in [1.807, 2.05) is 23.9 Å². The number of carbonyl (C=O) groups is 1. The minimum atomic E-state index is 0.272. The van der Waals surface area contributed by atoms with Crippen LogP contribution in [0.1, 0.15) is 32.3 Å². The predicted octanol–water partition coefficient (Wildman–Crippen LogP) is 4.98. The first-order valence-electron chi connectivity index (χ1n) is 11.4. The van der Waals surface area contributed by atoms with E-state index in [0.29, 0.717) is 18.2 Å². The maximum atomic E-state index is 13.0. The standard InChI is InChI=1S/C26H36N2O2S/c1-21(2)19-23(20-31-25-11-9-24(30-3)10-12-25)28-18-17-27(16-14-26(28)29)15-13-22-7-5-4-6-8-22/h4-12,21,23H,13-20H2,1-3H3/t23-/m0/s1. The quantitative estimate of drug-likeness (QED) is 0.488. The summed E-state index contributed by atoms with van der Waals surface area (Å²) in [5, 5.41) is 0. The van der Waals surface area contributed by atoms with Crippen LogP contribution >= 0.6 is 11.8 Å². The summed E-state index contributed by atoms with van der Waals surface area (Å²) in [5.74, 6) is 2.68. The van der Waals surface area contributed by atoms with Gasteiger partial charge in [0.05, 0.1) is 7.11 Å². The van der Waals surface area contributed by atoms with Crippen LogP contribution in [-0.2, 0) is 11.2 Å². The van der Waals surface area contributed by atoms with E-state index in [4.69, 9.17) is 4.74 Å². The van der Waals surface area contributed by atoms with Crippen LogP contribution in [0.4, 0.5) is 0 Å². The summed E-state index contributed by atoms with van der Waals surface area (Å²) >= 11 is 1.84. The number of methoxy groups -OCH3 is 1. The van der Waals surface area contributed by atoms with Gasteiger partial charge in [-0.15, -0.1) is 11.8 Å². The Bertz CT molecular complexity index is 795. The van der Waals surface area contributed by atoms with Crippen LogP contribution in [0, 0.1) is 5.92 Å². The minimum Gasteiger partial charge on any atom is -0.497 e. The Balaban J connectivity index is 1.58. The van der Waals surface area contributed by atoms with Crippen LogP contribution in [0.5, 0.6) is 5.75 Å². The number of rotatable bonds is 10. The number of amides is 1. The average Bonchev–Trinajstić information content (AvgIpc) is 2.97. The second-order valence-electron chi connectivity index (χ2n) is 8.68. The summed E-state index contributed by atoms with van der Waals surface area (Å²) in [6.45, 7) is 8.16. The summed E-state index contributed by atoms with van der Waals surface area (Å²) in [6, 6.07) is 19.1. The molecule has 1 amide bonds. The van der Waals surface area contributed by atoms with Gasteiger partial charge in [-0.05, 0) is 48.6 Å². The van der Waals surface area contributed by atoms with Gasteiger partial charge in [-0.1, -0.05) is 44.2 Å². The minimum absolute atomic E-state index is 0.272. The van der Waals surface area contributed by atoms with Gasteiger partial charge in [-0.25, -0.2) is 0 Å². The van der Waals surface area contributed by atoms with Gasteiger partial charge in [0, 0.05) is 49.3 Å². The molecule has 2 aromatic carbocycles. The molecule has 0 saturated carbocycles. The van der Waals surface area contributed by atoms with Gasteiger partial charge in [-0.3, -0.25) is 4.79 Å². The number of benzene rings is 2. The van der Waals surface area contributed by atoms with Gasteiger partial charge >= 0.3 is 0 Å². The lowest BCUT2D eigenvalue weighted by Crippen LogP contribution is -2.43. The van der Waals surface area contributed by atoms with Gasteiger partial charge in [0.15, 0.2) is 0 Å². The highest BCUT2D eigenvalue weighted by Crippen LogP contribution is 2.26. The average molecular weight is 441 g/mol. The molecule has 0 aliphatic carbocycles. The third-order valence-electron chi connectivity index (χ3n) is 5.86. The molecule has 3 rings (SSSR count). The van der Waals surface area contributed by atoms with Crippen molar-refractivity contribution in [2.45, 2.75) is 44.0 Å². The van der Waals surface area contributed by atoms with Crippen molar-refractivity contribution in [3.05, 3.63) is 60.2 Å². The summed E-state index contributed by atoms with van der Waals surface area (Å²) in [6.07, 6.45) is 2.70. The van der Waals surface area contributed by atoms with Gasteiger partial charge < -0.3 is 14.5 Å². The van der Waals surface area contributed by atoms with Crippen LogP contribution in [0.15, 0.2) is 59.5 Å². The second kappa shape index (κ2) is 12.2. The molecule has 0 bridgehead atoms. The number of hydrogen-bond donors (Lipinski definition) is 0. The molecule has 0 aromatic heterocycles. The molecule has 1 atom stereocenters. The Kier molecular flexibility index (Phi) is 9.29. The van der Waals surface area contributed by atoms with Crippen molar-refractivity contribution in [2.75, 3.05) is 39.0 Å². The topological polar surface area (TPSA) is 32.8 Å². The highest BCUT2D eigenvalue weighted by Gasteiger charge is 2.27. The number of hydrogen-bond acceptors (Lipinski definition) is 4. The van der Waals surface area contributed by atoms with Crippen LogP contribution in [0.25, 0.3) is 0 Å². The van der Waals surface area contributed by atoms with Crippen molar-refractivity contribution in [2.24, 2.45) is 5.92 Å². The molecule has 1 fully saturated rings. The van der Waals surface area contributed by atoms with Crippen LogP contribution in [0.2, 0.25) is 0 Å². The van der Waals surface area contributed by atoms with Crippen molar-refractivity contribution in [3.8, 4) is 5.75 Å². The fourth-order valence-electron chi connectivity index (χ4n) is 4.12. The summed E-state index contributed by atoms with van der Waals surface area (Å²) < 4.78 is 5.26. The maximum Gasteiger partial charge on any atom is 0.224 e. The van der Waals surface area contributed by atoms with Crippen LogP contribution in [-0.4, -0.2) is 60.8 Å². The van der Waals surface area contributed by atoms with Gasteiger partial charge in [0.25, 0.3) is 0 Å². The zero-order valence-corrected chi connectivity index (χ0v) is 19.9. The maximum absolute atomic E-state index is 13.0. The van der Waals surface area contributed by atoms with Crippen LogP contribution < -0.4 is 4.74 Å². The molecule has 1 aliphatic rings. The summed E-state index contributed by atoms with van der Waals surface area (Å²) in [5.41, 5.74) is 1.36. The van der Waals surface area contributed by atoms with Crippen molar-refractivity contribution in [1.29, 1.82) is 0 Å². The smallest absolute Gasteiger partial charge is 0.224 e. The van der Waals surface area contributed by atoms with Crippen molar-refractivity contribution >= 4 is 17.7 Å². The van der Waals surface area contributed by atoms with Crippen molar-refractivity contribution < 1.29 is 9.53 Å². The second-order valence-corrected chi connectivity index (χ2v) is 9.78. The van der Waals surface area contributed by atoms with Gasteiger partial charge in [-0.2, -0.15) is 0 Å². The Hall–Kier alpha value is -1.98. The van der Waals surface area contributed by atoms with Gasteiger partial charge in [0.1, 0.15) is 5.75 Å². The molecule has 1 aliphatic heterocycles. The van der Waals surface area contributed by atoms with E-state index in [9.17, 15) is 4.79 Å². The molecule has 31 heavy (non-hydrogen) atoms. The number of ether oxygens (including phenoxy) is 1. The first kappa shape index (κ1) is 23.7. The molecular formula is C26H36N2O2S. The molecule has 4 nitrogen and oxygen atoms in total. The Labute approximate surface area is 192 Å². The predicted molar refractivity (Wildman–Crippen MR) is 130 cm³/mol. The zero-order valence-electron chi connectivity index (χ0n) is 19.1. The van der Waals surface area contributed by atoms with E-state index in [1.54, 1.807) is 7.11 Å². The number of nitrogens with zero attached hydrogens (tertiary/aromatic N) is 2. The summed E-state index contributed by atoms with van der Waals surface area (Å²) in [4.78, 5) is 18.9. The number of carbonyl (C=O) groups excluding carboxylic acids is 1. The normalized spacial score (nSPS) is 16.4. The van der Waals surface area contributed by atoms with Crippen molar-refractivity contribution in [3.63, 3.8) is 0 Å². The lowest BCUT2D eigenvalue weighted by atomic mass is 10.0. The highest BCUT2D eigenvalue weighted by molar-refractivity contribution is 7.99. The zero-order chi connectivity index (χ0) is 22.1. The molecule has 168 valence electrons. The Morgan fingerprint density at radius 1 is 1.00 bits per heavy atom. The van der Waals surface area contributed by atoms with E-state index in [1.165, 1.54) is 10.5 Å². The SMILES string of the molecule is COc1ccc(SC[C@H](CC(C)C)N2CCN(CCc3ccccc3)CCC2=O)cc1. The summed E-state index contributed by atoms with van der Waals surface area (Å²) in [7, 11) is 1.69. The van der Waals surface area contributed by atoms with E-state index in [-0.39, 0.29) is 6.04 Å². The highest BCUT2D eigenvalue weighted by atomic mass is 32.2. The Morgan fingerprint density at radius 3 is 2.42 bits per heavy atom. The molecular weight excluding hydrogens is 404 g/mol. The lowest BCUT2D eigenvalue weighted by Gasteiger charge is -2.32. The molecule has 1 heterocycles. The van der Waals surface area contributed by atoms with E-state index in [0.717, 1.165) is 50.5 Å². The Morgan fingerprint density at radius 2 is 1.74 bits per heavy atom. The lowest BCUT2D eigenvalue weighted by molar-refractivity contribution is -0.132. The van der Waals surface area contributed by atoms with Crippen molar-refractivity contribution in [1.82, 2.24) is 9.80 Å². The van der Waals surface area contributed by atoms with Gasteiger partial charge in [0.2, 0.25) is 5.91 Å². The fourth-order valence-corrected chi connectivity index (χ4v) is 5.15. The third-order valence-corrected chi connectivity index (χ3v) is 7.02. The molecule has 2 aromatic rings. The molecule has 0 spiro atoms. The monoisotopic (exact) mass is 440 g/mol. The molecule has 5 heteroatoms. The third kappa shape index (κ3) is 7.58. The molecule has 0 unspecified atom stereocenters. The molecule has 0 N–H and O–H groups in total. The molecule has 0 radical (unpaired) electrons. The fraction of sp³-hybridized carbons (Fsp3) is 0.500. The van der Waals surface area contributed by atoms with E-state index >= 15 is 0 Å². The molecule has 1 saturated heterocycles. The van der Waals surface area contributed by atoms with E-state index < -0.39 is 0 Å². The van der Waals surface area contributed by atoms with E-state index in [2.05, 4.69) is 66.1 Å². The first-order chi connectivity index (χ1) is 15.0. The largest absolute Gasteiger partial charge is 0.497 e. The van der Waals surface area contributed by atoms with Crippen LogP contribution in [0.3, 0.4) is 0 Å².